The fourth-order valence-electron chi connectivity index (χ4n) is 4.52. The lowest BCUT2D eigenvalue weighted by Gasteiger charge is -2.32. The molecule has 0 radical (unpaired) electrons. The second-order valence-electron chi connectivity index (χ2n) is 9.70. The normalized spacial score (nSPS) is 19.3. The van der Waals surface area contributed by atoms with E-state index in [2.05, 4.69) is 4.72 Å². The summed E-state index contributed by atoms with van der Waals surface area (Å²) in [4.78, 5) is 0.119. The van der Waals surface area contributed by atoms with E-state index in [1.54, 1.807) is 52.0 Å². The molecule has 38 heavy (non-hydrogen) atoms. The molecule has 1 aliphatic rings. The van der Waals surface area contributed by atoms with Crippen molar-refractivity contribution in [3.63, 3.8) is 0 Å². The SMILES string of the molecule is Cc1ccc(C)c(S(=O)(=O)Nc2ccc(N([C@H]3CS(=O)(=O)C[C@@H]3O)S(=O)(=O)c3cc(C)ccc3C)cc2)c1. The molecule has 2 N–H and O–H groups in total. The number of rotatable bonds is 7. The Morgan fingerprint density at radius 3 is 1.84 bits per heavy atom. The smallest absolute Gasteiger partial charge is 0.264 e. The van der Waals surface area contributed by atoms with Crippen molar-refractivity contribution in [2.24, 2.45) is 0 Å². The van der Waals surface area contributed by atoms with E-state index in [1.807, 2.05) is 6.07 Å². The third kappa shape index (κ3) is 5.58. The van der Waals surface area contributed by atoms with Crippen LogP contribution in [0.3, 0.4) is 0 Å². The van der Waals surface area contributed by atoms with Gasteiger partial charge in [0.05, 0.1) is 39.1 Å². The summed E-state index contributed by atoms with van der Waals surface area (Å²) >= 11 is 0. The third-order valence-corrected chi connectivity index (χ3v) is 11.7. The van der Waals surface area contributed by atoms with Crippen molar-refractivity contribution in [3.8, 4) is 0 Å². The minimum Gasteiger partial charge on any atom is -0.390 e. The van der Waals surface area contributed by atoms with Crippen molar-refractivity contribution in [2.75, 3.05) is 20.5 Å². The van der Waals surface area contributed by atoms with Crippen molar-refractivity contribution in [3.05, 3.63) is 82.9 Å². The highest BCUT2D eigenvalue weighted by atomic mass is 32.2. The molecule has 4 rings (SSSR count). The van der Waals surface area contributed by atoms with Crippen LogP contribution in [0.25, 0.3) is 0 Å². The van der Waals surface area contributed by atoms with Crippen molar-refractivity contribution >= 4 is 41.3 Å². The minimum absolute atomic E-state index is 0.00583. The maximum atomic E-state index is 13.9. The number of hydrogen-bond acceptors (Lipinski definition) is 7. The zero-order valence-electron chi connectivity index (χ0n) is 21.4. The lowest BCUT2D eigenvalue weighted by Crippen LogP contribution is -2.47. The number of nitrogens with one attached hydrogen (secondary N) is 1. The molecule has 9 nitrogen and oxygen atoms in total. The zero-order valence-corrected chi connectivity index (χ0v) is 23.9. The number of sulfonamides is 2. The van der Waals surface area contributed by atoms with Crippen molar-refractivity contribution in [1.82, 2.24) is 0 Å². The van der Waals surface area contributed by atoms with Gasteiger partial charge in [0, 0.05) is 5.69 Å². The molecule has 0 amide bonds. The molecule has 0 bridgehead atoms. The highest BCUT2D eigenvalue weighted by Crippen LogP contribution is 2.33. The number of sulfone groups is 1. The molecule has 12 heteroatoms. The van der Waals surface area contributed by atoms with Crippen LogP contribution < -0.4 is 9.03 Å². The first-order valence-electron chi connectivity index (χ1n) is 11.8. The van der Waals surface area contributed by atoms with Crippen LogP contribution in [0.5, 0.6) is 0 Å². The van der Waals surface area contributed by atoms with Crippen LogP contribution in [-0.4, -0.2) is 54.0 Å². The monoisotopic (exact) mass is 578 g/mol. The van der Waals surface area contributed by atoms with Gasteiger partial charge in [-0.3, -0.25) is 9.03 Å². The van der Waals surface area contributed by atoms with Crippen molar-refractivity contribution in [2.45, 2.75) is 49.6 Å². The number of aryl methyl sites for hydroxylation is 4. The summed E-state index contributed by atoms with van der Waals surface area (Å²) < 4.78 is 81.9. The number of aliphatic hydroxyl groups excluding tert-OH is 1. The largest absolute Gasteiger partial charge is 0.390 e. The Labute approximate surface area is 224 Å². The molecule has 1 fully saturated rings. The van der Waals surface area contributed by atoms with E-state index < -0.39 is 53.5 Å². The van der Waals surface area contributed by atoms with Crippen molar-refractivity contribution in [1.29, 1.82) is 0 Å². The predicted molar refractivity (Wildman–Crippen MR) is 147 cm³/mol. The van der Waals surface area contributed by atoms with Crippen molar-refractivity contribution < 1.29 is 30.4 Å². The van der Waals surface area contributed by atoms with Gasteiger partial charge in [-0.25, -0.2) is 25.3 Å². The van der Waals surface area contributed by atoms with Crippen LogP contribution in [0, 0.1) is 27.7 Å². The molecule has 3 aromatic carbocycles. The Morgan fingerprint density at radius 2 is 1.32 bits per heavy atom. The van der Waals surface area contributed by atoms with E-state index in [-0.39, 0.29) is 21.2 Å². The lowest BCUT2D eigenvalue weighted by atomic mass is 10.2. The Morgan fingerprint density at radius 1 is 0.789 bits per heavy atom. The second kappa shape index (κ2) is 9.99. The molecule has 204 valence electrons. The number of benzene rings is 3. The first-order chi connectivity index (χ1) is 17.6. The van der Waals surface area contributed by atoms with Gasteiger partial charge in [-0.05, 0) is 86.3 Å². The summed E-state index contributed by atoms with van der Waals surface area (Å²) in [6.45, 7) is 6.86. The van der Waals surface area contributed by atoms with Crippen LogP contribution in [-0.2, 0) is 29.9 Å². The molecular weight excluding hydrogens is 548 g/mol. The van der Waals surface area contributed by atoms with Gasteiger partial charge >= 0.3 is 0 Å². The fourth-order valence-corrected chi connectivity index (χ4v) is 9.76. The number of aliphatic hydroxyl groups is 1. The van der Waals surface area contributed by atoms with Gasteiger partial charge in [0.15, 0.2) is 9.84 Å². The third-order valence-electron chi connectivity index (χ3n) is 6.48. The highest BCUT2D eigenvalue weighted by Gasteiger charge is 2.45. The summed E-state index contributed by atoms with van der Waals surface area (Å²) in [5.41, 5.74) is 2.81. The lowest BCUT2D eigenvalue weighted by molar-refractivity contribution is 0.184. The minimum atomic E-state index is -4.30. The Bertz CT molecular complexity index is 1700. The van der Waals surface area contributed by atoms with Crippen LogP contribution in [0.4, 0.5) is 11.4 Å². The average Bonchev–Trinajstić information content (AvgIpc) is 3.09. The first-order valence-corrected chi connectivity index (χ1v) is 16.6. The number of anilines is 2. The quantitative estimate of drug-likeness (QED) is 0.439. The Hall–Kier alpha value is -2.93. The molecule has 1 saturated heterocycles. The molecular formula is C26H30N2O7S3. The van der Waals surface area contributed by atoms with Gasteiger partial charge in [0.2, 0.25) is 0 Å². The molecule has 0 unspecified atom stereocenters. The fraction of sp³-hybridized carbons (Fsp3) is 0.308. The maximum Gasteiger partial charge on any atom is 0.264 e. The van der Waals surface area contributed by atoms with Gasteiger partial charge in [0.1, 0.15) is 0 Å². The maximum absolute atomic E-state index is 13.9. The van der Waals surface area contributed by atoms with Crippen LogP contribution in [0.2, 0.25) is 0 Å². The number of hydrogen-bond donors (Lipinski definition) is 2. The Balaban J connectivity index is 1.76. The molecule has 2 atom stereocenters. The average molecular weight is 579 g/mol. The van der Waals surface area contributed by atoms with E-state index >= 15 is 0 Å². The van der Waals surface area contributed by atoms with Gasteiger partial charge in [-0.15, -0.1) is 0 Å². The van der Waals surface area contributed by atoms with Crippen LogP contribution >= 0.6 is 0 Å². The Kier molecular flexibility index (Phi) is 7.38. The van der Waals surface area contributed by atoms with Gasteiger partial charge in [-0.2, -0.15) is 0 Å². The molecule has 3 aromatic rings. The molecule has 1 heterocycles. The number of nitrogens with zero attached hydrogens (tertiary/aromatic N) is 1. The predicted octanol–water partition coefficient (Wildman–Crippen LogP) is 3.07. The van der Waals surface area contributed by atoms with Crippen LogP contribution in [0.15, 0.2) is 70.5 Å². The summed E-state index contributed by atoms with van der Waals surface area (Å²) in [6, 6.07) is 14.4. The first kappa shape index (κ1) is 28.1. The summed E-state index contributed by atoms with van der Waals surface area (Å²) in [7, 11) is -11.9. The standard InChI is InChI=1S/C26H30N2O7S3/c1-17-5-7-19(3)25(13-17)37(32,33)27-21-9-11-22(12-10-21)28(23-15-36(30,31)16-24(23)29)38(34,35)26-14-18(2)6-8-20(26)4/h5-14,23-24,27,29H,15-16H2,1-4H3/t23-,24-/m0/s1. The molecule has 0 aromatic heterocycles. The highest BCUT2D eigenvalue weighted by molar-refractivity contribution is 7.93. The summed E-state index contributed by atoms with van der Waals surface area (Å²) in [6.07, 6.45) is -1.43. The molecule has 1 aliphatic heterocycles. The summed E-state index contributed by atoms with van der Waals surface area (Å²) in [5, 5.41) is 10.6. The van der Waals surface area contributed by atoms with Gasteiger partial charge in [0.25, 0.3) is 20.0 Å². The van der Waals surface area contributed by atoms with E-state index in [0.29, 0.717) is 16.7 Å². The molecule has 0 spiro atoms. The van der Waals surface area contributed by atoms with E-state index in [1.165, 1.54) is 30.3 Å². The zero-order chi connectivity index (χ0) is 28.0. The van der Waals surface area contributed by atoms with Gasteiger partial charge in [-0.1, -0.05) is 24.3 Å². The van der Waals surface area contributed by atoms with Crippen LogP contribution in [0.1, 0.15) is 22.3 Å². The topological polar surface area (TPSA) is 138 Å². The molecule has 0 saturated carbocycles. The van der Waals surface area contributed by atoms with E-state index in [0.717, 1.165) is 9.87 Å². The van der Waals surface area contributed by atoms with Gasteiger partial charge < -0.3 is 5.11 Å². The second-order valence-corrected chi connectivity index (χ2v) is 15.3. The van der Waals surface area contributed by atoms with E-state index in [4.69, 9.17) is 0 Å². The molecule has 0 aliphatic carbocycles. The van der Waals surface area contributed by atoms with E-state index in [9.17, 15) is 30.4 Å². The summed E-state index contributed by atoms with van der Waals surface area (Å²) in [5.74, 6) is -1.09.